The predicted molar refractivity (Wildman–Crippen MR) is 121 cm³/mol. The summed E-state index contributed by atoms with van der Waals surface area (Å²) < 4.78 is 0. The average Bonchev–Trinajstić information content (AvgIpc) is 3.23. The Hall–Kier alpha value is -1.85. The van der Waals surface area contributed by atoms with Crippen LogP contribution in [-0.2, 0) is 0 Å². The highest BCUT2D eigenvalue weighted by Gasteiger charge is 2.53. The topological polar surface area (TPSA) is 58.2 Å². The highest BCUT2D eigenvalue weighted by Crippen LogP contribution is 2.61. The van der Waals surface area contributed by atoms with Gasteiger partial charge in [-0.25, -0.2) is 0 Å². The van der Waals surface area contributed by atoms with E-state index in [1.807, 2.05) is 11.4 Å². The normalized spacial score (nSPS) is 30.1. The van der Waals surface area contributed by atoms with E-state index in [4.69, 9.17) is 11.6 Å². The molecular formula is C24H27ClN2O2S. The van der Waals surface area contributed by atoms with E-state index < -0.39 is 0 Å². The zero-order valence-electron chi connectivity index (χ0n) is 17.1. The minimum absolute atomic E-state index is 0.0958. The number of anilines is 1. The maximum Gasteiger partial charge on any atom is 0.265 e. The van der Waals surface area contributed by atoms with Crippen molar-refractivity contribution < 1.29 is 9.59 Å². The lowest BCUT2D eigenvalue weighted by molar-refractivity contribution is -0.0688. The Morgan fingerprint density at radius 1 is 1.07 bits per heavy atom. The molecule has 30 heavy (non-hydrogen) atoms. The van der Waals surface area contributed by atoms with Crippen LogP contribution in [-0.4, -0.2) is 17.9 Å². The van der Waals surface area contributed by atoms with Crippen LogP contribution in [0.4, 0.5) is 5.69 Å². The molecular weight excluding hydrogens is 416 g/mol. The van der Waals surface area contributed by atoms with Crippen LogP contribution in [0.2, 0.25) is 5.02 Å². The maximum atomic E-state index is 13.1. The second-order valence-electron chi connectivity index (χ2n) is 9.60. The lowest BCUT2D eigenvalue weighted by Crippen LogP contribution is -2.55. The van der Waals surface area contributed by atoms with Gasteiger partial charge in [0.25, 0.3) is 11.8 Å². The molecule has 4 saturated carbocycles. The second kappa shape index (κ2) is 7.69. The summed E-state index contributed by atoms with van der Waals surface area (Å²) in [6.45, 7) is 2.18. The lowest BCUT2D eigenvalue weighted by Gasteiger charge is -2.59. The van der Waals surface area contributed by atoms with E-state index in [2.05, 4.69) is 17.6 Å². The molecule has 4 aliphatic rings. The number of nitrogens with one attached hydrogen (secondary N) is 2. The van der Waals surface area contributed by atoms with Gasteiger partial charge in [-0.15, -0.1) is 11.3 Å². The quantitative estimate of drug-likeness (QED) is 0.597. The third-order valence-electron chi connectivity index (χ3n) is 7.57. The third kappa shape index (κ3) is 3.67. The summed E-state index contributed by atoms with van der Waals surface area (Å²) >= 11 is 7.65. The van der Waals surface area contributed by atoms with Gasteiger partial charge in [0.1, 0.15) is 0 Å². The van der Waals surface area contributed by atoms with Crippen molar-refractivity contribution in [2.24, 2.45) is 23.2 Å². The number of rotatable bonds is 5. The molecule has 4 bridgehead atoms. The number of carbonyl (C=O) groups excluding carboxylic acids is 2. The summed E-state index contributed by atoms with van der Waals surface area (Å²) in [6, 6.07) is 8.82. The molecule has 6 heteroatoms. The Labute approximate surface area is 186 Å². The van der Waals surface area contributed by atoms with Crippen molar-refractivity contribution in [2.45, 2.75) is 51.5 Å². The standard InChI is InChI=1S/C24H27ClN2O2S/c1-14(24-11-15-7-16(12-24)9-17(8-15)13-24)26-22(28)18-4-5-19(25)20(10-18)27-23(29)21-3-2-6-30-21/h2-6,10,14-17H,7-9,11-13H2,1H3,(H,26,28)(H,27,29)/t14-,15?,16?,17?,24?/m1/s1. The van der Waals surface area contributed by atoms with Crippen LogP contribution in [0.3, 0.4) is 0 Å². The number of hydrogen-bond donors (Lipinski definition) is 2. The molecule has 2 N–H and O–H groups in total. The van der Waals surface area contributed by atoms with Crippen molar-refractivity contribution in [3.05, 3.63) is 51.2 Å². The summed E-state index contributed by atoms with van der Waals surface area (Å²) in [5, 5.41) is 8.39. The van der Waals surface area contributed by atoms with E-state index in [1.165, 1.54) is 49.9 Å². The lowest BCUT2D eigenvalue weighted by atomic mass is 9.48. The smallest absolute Gasteiger partial charge is 0.265 e. The zero-order chi connectivity index (χ0) is 20.9. The minimum atomic E-state index is -0.216. The largest absolute Gasteiger partial charge is 0.349 e. The molecule has 0 aliphatic heterocycles. The summed E-state index contributed by atoms with van der Waals surface area (Å²) in [5.74, 6) is 2.24. The molecule has 158 valence electrons. The van der Waals surface area contributed by atoms with Gasteiger partial charge in [-0.1, -0.05) is 17.7 Å². The fourth-order valence-corrected chi connectivity index (χ4v) is 7.28. The van der Waals surface area contributed by atoms with Crippen LogP contribution in [0, 0.1) is 23.2 Å². The number of amides is 2. The van der Waals surface area contributed by atoms with E-state index in [-0.39, 0.29) is 23.3 Å². The van der Waals surface area contributed by atoms with Crippen LogP contribution < -0.4 is 10.6 Å². The van der Waals surface area contributed by atoms with Gasteiger partial charge in [0, 0.05) is 11.6 Å². The molecule has 0 saturated heterocycles. The van der Waals surface area contributed by atoms with Gasteiger partial charge < -0.3 is 10.6 Å². The monoisotopic (exact) mass is 442 g/mol. The number of carbonyl (C=O) groups is 2. The van der Waals surface area contributed by atoms with Crippen LogP contribution in [0.15, 0.2) is 35.7 Å². The van der Waals surface area contributed by atoms with Crippen LogP contribution in [0.25, 0.3) is 0 Å². The zero-order valence-corrected chi connectivity index (χ0v) is 18.7. The molecule has 4 aliphatic carbocycles. The van der Waals surface area contributed by atoms with Crippen molar-refractivity contribution in [3.63, 3.8) is 0 Å². The number of halogens is 1. The maximum absolute atomic E-state index is 13.1. The van der Waals surface area contributed by atoms with Crippen molar-refractivity contribution in [1.29, 1.82) is 0 Å². The average molecular weight is 443 g/mol. The number of hydrogen-bond acceptors (Lipinski definition) is 3. The molecule has 1 aromatic carbocycles. The van der Waals surface area contributed by atoms with E-state index in [0.29, 0.717) is 21.2 Å². The molecule has 0 spiro atoms. The van der Waals surface area contributed by atoms with E-state index >= 15 is 0 Å². The van der Waals surface area contributed by atoms with Crippen molar-refractivity contribution in [2.75, 3.05) is 5.32 Å². The Bertz CT molecular complexity index is 936. The minimum Gasteiger partial charge on any atom is -0.349 e. The highest BCUT2D eigenvalue weighted by molar-refractivity contribution is 7.12. The predicted octanol–water partition coefficient (Wildman–Crippen LogP) is 5.99. The first-order valence-corrected chi connectivity index (χ1v) is 12.1. The van der Waals surface area contributed by atoms with Gasteiger partial charge in [-0.3, -0.25) is 9.59 Å². The van der Waals surface area contributed by atoms with Gasteiger partial charge in [0.15, 0.2) is 0 Å². The Morgan fingerprint density at radius 2 is 1.73 bits per heavy atom. The fourth-order valence-electron chi connectivity index (χ4n) is 6.50. The second-order valence-corrected chi connectivity index (χ2v) is 11.0. The van der Waals surface area contributed by atoms with Crippen molar-refractivity contribution in [1.82, 2.24) is 5.32 Å². The molecule has 0 radical (unpaired) electrons. The van der Waals surface area contributed by atoms with Gasteiger partial charge in [-0.2, -0.15) is 0 Å². The molecule has 1 heterocycles. The van der Waals surface area contributed by atoms with Gasteiger partial charge in [-0.05, 0) is 98.3 Å². The van der Waals surface area contributed by atoms with E-state index in [0.717, 1.165) is 17.8 Å². The van der Waals surface area contributed by atoms with Crippen LogP contribution >= 0.6 is 22.9 Å². The molecule has 6 rings (SSSR count). The van der Waals surface area contributed by atoms with Gasteiger partial charge in [0.05, 0.1) is 15.6 Å². The Balaban J connectivity index is 1.30. The van der Waals surface area contributed by atoms with E-state index in [1.54, 1.807) is 24.3 Å². The molecule has 2 amide bonds. The van der Waals surface area contributed by atoms with Gasteiger partial charge in [0.2, 0.25) is 0 Å². The first-order valence-electron chi connectivity index (χ1n) is 10.9. The fraction of sp³-hybridized carbons (Fsp3) is 0.500. The third-order valence-corrected chi connectivity index (χ3v) is 8.77. The molecule has 1 atom stereocenters. The molecule has 0 unspecified atom stereocenters. The van der Waals surface area contributed by atoms with Gasteiger partial charge >= 0.3 is 0 Å². The van der Waals surface area contributed by atoms with Crippen molar-refractivity contribution in [3.8, 4) is 0 Å². The molecule has 4 fully saturated rings. The van der Waals surface area contributed by atoms with Crippen molar-refractivity contribution >= 4 is 40.4 Å². The van der Waals surface area contributed by atoms with E-state index in [9.17, 15) is 9.59 Å². The summed E-state index contributed by atoms with van der Waals surface area (Å²) in [7, 11) is 0. The first-order chi connectivity index (χ1) is 14.4. The highest BCUT2D eigenvalue weighted by atomic mass is 35.5. The molecule has 1 aromatic heterocycles. The number of thiophene rings is 1. The Kier molecular flexibility index (Phi) is 5.14. The summed E-state index contributed by atoms with van der Waals surface area (Å²) in [6.07, 6.45) is 7.94. The first kappa shape index (κ1) is 20.1. The summed E-state index contributed by atoms with van der Waals surface area (Å²) in [4.78, 5) is 26.1. The SMILES string of the molecule is C[C@@H](NC(=O)c1ccc(Cl)c(NC(=O)c2cccs2)c1)C12CC3CC(CC(C3)C1)C2. The molecule has 4 nitrogen and oxygen atoms in total. The summed E-state index contributed by atoms with van der Waals surface area (Å²) in [5.41, 5.74) is 1.25. The number of benzene rings is 1. The van der Waals surface area contributed by atoms with Crippen LogP contribution in [0.5, 0.6) is 0 Å². The van der Waals surface area contributed by atoms with Crippen LogP contribution in [0.1, 0.15) is 65.5 Å². The molecule has 2 aromatic rings. The Morgan fingerprint density at radius 3 is 2.33 bits per heavy atom.